The van der Waals surface area contributed by atoms with Crippen molar-refractivity contribution in [2.75, 3.05) is 6.26 Å². The van der Waals surface area contributed by atoms with Gasteiger partial charge in [-0.2, -0.15) is 8.42 Å². The summed E-state index contributed by atoms with van der Waals surface area (Å²) < 4.78 is 25.9. The first kappa shape index (κ1) is 16.6. The quantitative estimate of drug-likeness (QED) is 0.387. The minimum atomic E-state index is -3.67. The Hall–Kier alpha value is 0.146. The van der Waals surface area contributed by atoms with E-state index in [0.717, 1.165) is 6.92 Å². The van der Waals surface area contributed by atoms with Crippen LogP contribution in [0.2, 0.25) is 0 Å². The Bertz CT molecular complexity index is 167. The molecule has 0 spiro atoms. The third kappa shape index (κ3) is 19500. The smallest absolute Gasteiger partial charge is 1.00 e. The van der Waals surface area contributed by atoms with E-state index in [0.29, 0.717) is 6.26 Å². The summed E-state index contributed by atoms with van der Waals surface area (Å²) in [7, 11) is -3.67. The van der Waals surface area contributed by atoms with E-state index >= 15 is 0 Å². The molecule has 60 valence electrons. The molecule has 0 rings (SSSR count). The van der Waals surface area contributed by atoms with E-state index in [1.807, 2.05) is 0 Å². The summed E-state index contributed by atoms with van der Waals surface area (Å²) in [6.07, 6.45) is 0.715. The Morgan fingerprint density at radius 1 is 1.50 bits per heavy atom. The second kappa shape index (κ2) is 7.26. The summed E-state index contributed by atoms with van der Waals surface area (Å²) in [5.74, 6) is -0.833. The molecule has 0 unspecified atom stereocenters. The Kier molecular flexibility index (Phi) is 12.1. The number of carboxylic acid groups (broad SMARTS) is 1. The zero-order valence-electron chi connectivity index (χ0n) is 7.73. The number of carbonyl (C=O) groups is 1. The van der Waals surface area contributed by atoms with Gasteiger partial charge < -0.3 is 7.96 Å². The van der Waals surface area contributed by atoms with Gasteiger partial charge in [-0.3, -0.25) is 9.35 Å². The fraction of sp³-hybridized carbons (Fsp3) is 0.667. The van der Waals surface area contributed by atoms with Gasteiger partial charge in [0, 0.05) is 6.92 Å². The molecular weight excluding hydrogens is 172 g/mol. The van der Waals surface area contributed by atoms with Gasteiger partial charge in [-0.25, -0.2) is 0 Å². The van der Waals surface area contributed by atoms with E-state index in [-0.39, 0.29) is 25.9 Å². The summed E-state index contributed by atoms with van der Waals surface area (Å²) in [5.41, 5.74) is 0. The van der Waals surface area contributed by atoms with Crippen molar-refractivity contribution in [2.24, 2.45) is 0 Å². The van der Waals surface area contributed by atoms with Gasteiger partial charge in [0.2, 0.25) is 0 Å². The van der Waals surface area contributed by atoms with Crippen LogP contribution in [0.15, 0.2) is 0 Å². The average molecular weight is 182 g/mol. The molecule has 0 aliphatic heterocycles. The van der Waals surface area contributed by atoms with Crippen LogP contribution < -0.4 is 0 Å². The van der Waals surface area contributed by atoms with Crippen molar-refractivity contribution in [1.82, 2.24) is 0 Å². The molecule has 0 fully saturated rings. The fourth-order valence-corrected chi connectivity index (χ4v) is 0. The van der Waals surface area contributed by atoms with Gasteiger partial charge in [0.05, 0.1) is 6.26 Å². The number of hydrogen-bond acceptors (Lipinski definition) is 3. The number of carboxylic acids is 1. The SMILES string of the molecule is CC(=O)O.CS(=O)(=O)O.[H-].[H-].[Mg+2]. The molecule has 0 bridgehead atoms. The van der Waals surface area contributed by atoms with Gasteiger partial charge in [0.15, 0.2) is 0 Å². The first-order chi connectivity index (χ1) is 3.73. The monoisotopic (exact) mass is 182 g/mol. The number of rotatable bonds is 0. The zero-order valence-corrected chi connectivity index (χ0v) is 7.97. The van der Waals surface area contributed by atoms with Crippen molar-refractivity contribution in [3.8, 4) is 0 Å². The molecule has 0 atom stereocenters. The molecule has 0 heterocycles. The molecule has 0 amide bonds. The van der Waals surface area contributed by atoms with Crippen molar-refractivity contribution in [2.45, 2.75) is 6.92 Å². The summed E-state index contributed by atoms with van der Waals surface area (Å²) in [6, 6.07) is 0. The Labute approximate surface area is 78.3 Å². The summed E-state index contributed by atoms with van der Waals surface area (Å²) in [6.45, 7) is 1.08. The molecular formula is C3H10MgO5S. The van der Waals surface area contributed by atoms with Crippen molar-refractivity contribution in [1.29, 1.82) is 0 Å². The normalized spacial score (nSPS) is 8.30. The molecule has 0 aromatic carbocycles. The van der Waals surface area contributed by atoms with Gasteiger partial charge >= 0.3 is 23.1 Å². The van der Waals surface area contributed by atoms with Crippen LogP contribution in [0, 0.1) is 0 Å². The molecule has 0 aromatic rings. The Morgan fingerprint density at radius 2 is 1.50 bits per heavy atom. The van der Waals surface area contributed by atoms with Gasteiger partial charge in [-0.1, -0.05) is 0 Å². The first-order valence-electron chi connectivity index (χ1n) is 1.85. The summed E-state index contributed by atoms with van der Waals surface area (Å²) in [4.78, 5) is 9.00. The second-order valence-electron chi connectivity index (χ2n) is 1.25. The van der Waals surface area contributed by atoms with Crippen LogP contribution in [-0.2, 0) is 14.9 Å². The fourth-order valence-electron chi connectivity index (χ4n) is 0. The van der Waals surface area contributed by atoms with Crippen LogP contribution >= 0.6 is 0 Å². The summed E-state index contributed by atoms with van der Waals surface area (Å²) >= 11 is 0. The van der Waals surface area contributed by atoms with Crippen LogP contribution in [0.25, 0.3) is 0 Å². The van der Waals surface area contributed by atoms with Crippen molar-refractivity contribution in [3.63, 3.8) is 0 Å². The maximum Gasteiger partial charge on any atom is 2.00 e. The van der Waals surface area contributed by atoms with Gasteiger partial charge in [-0.15, -0.1) is 0 Å². The Morgan fingerprint density at radius 3 is 1.50 bits per heavy atom. The molecule has 0 aliphatic rings. The van der Waals surface area contributed by atoms with E-state index in [4.69, 9.17) is 14.5 Å². The van der Waals surface area contributed by atoms with Gasteiger partial charge in [0.25, 0.3) is 16.1 Å². The predicted molar refractivity (Wildman–Crippen MR) is 38.8 cm³/mol. The van der Waals surface area contributed by atoms with E-state index in [2.05, 4.69) is 0 Å². The minimum Gasteiger partial charge on any atom is -1.00 e. The largest absolute Gasteiger partial charge is 2.00 e. The minimum absolute atomic E-state index is 0. The maximum atomic E-state index is 9.19. The van der Waals surface area contributed by atoms with E-state index < -0.39 is 16.1 Å². The van der Waals surface area contributed by atoms with E-state index in [9.17, 15) is 8.42 Å². The topological polar surface area (TPSA) is 91.7 Å². The van der Waals surface area contributed by atoms with Crippen molar-refractivity contribution >= 4 is 39.1 Å². The number of aliphatic carboxylic acids is 1. The second-order valence-corrected chi connectivity index (χ2v) is 2.72. The summed E-state index contributed by atoms with van der Waals surface area (Å²) in [5, 5.41) is 7.42. The van der Waals surface area contributed by atoms with Crippen molar-refractivity contribution in [3.05, 3.63) is 0 Å². The van der Waals surface area contributed by atoms with Crippen LogP contribution in [0.4, 0.5) is 0 Å². The number of hydrogen-bond donors (Lipinski definition) is 2. The molecule has 10 heavy (non-hydrogen) atoms. The Balaban J connectivity index is -0.0000000221. The van der Waals surface area contributed by atoms with Crippen LogP contribution in [-0.4, -0.2) is 53.4 Å². The molecule has 2 N–H and O–H groups in total. The molecule has 0 saturated heterocycles. The van der Waals surface area contributed by atoms with Crippen LogP contribution in [0.5, 0.6) is 0 Å². The standard InChI is InChI=1S/C2H4O2.CH4O3S.Mg.2H/c1-2(3)4;1-5(2,3)4;;;/h1H3,(H,3,4);1H3,(H,2,3,4);;;/q;;+2;2*-1. The molecule has 0 saturated carbocycles. The predicted octanol–water partition coefficient (Wildman–Crippen LogP) is -0.561. The maximum absolute atomic E-state index is 9.19. The van der Waals surface area contributed by atoms with Crippen molar-refractivity contribution < 1.29 is 25.7 Å². The van der Waals surface area contributed by atoms with E-state index in [1.165, 1.54) is 0 Å². The molecule has 0 aliphatic carbocycles. The molecule has 0 aromatic heterocycles. The van der Waals surface area contributed by atoms with Gasteiger partial charge in [0.1, 0.15) is 0 Å². The third-order valence-electron chi connectivity index (χ3n) is 0. The van der Waals surface area contributed by atoms with Crippen LogP contribution in [0.1, 0.15) is 9.78 Å². The molecule has 5 nitrogen and oxygen atoms in total. The van der Waals surface area contributed by atoms with Crippen LogP contribution in [0.3, 0.4) is 0 Å². The zero-order chi connectivity index (χ0) is 8.08. The third-order valence-corrected chi connectivity index (χ3v) is 0. The van der Waals surface area contributed by atoms with Gasteiger partial charge in [-0.05, 0) is 0 Å². The molecule has 7 heteroatoms. The van der Waals surface area contributed by atoms with E-state index in [1.54, 1.807) is 0 Å². The molecule has 0 radical (unpaired) electrons. The average Bonchev–Trinajstić information content (AvgIpc) is 1.19. The first-order valence-corrected chi connectivity index (χ1v) is 3.70.